The van der Waals surface area contributed by atoms with Gasteiger partial charge in [0.2, 0.25) is 5.91 Å². The maximum Gasteiger partial charge on any atom is 0.236 e. The van der Waals surface area contributed by atoms with E-state index in [0.29, 0.717) is 13.1 Å². The minimum absolute atomic E-state index is 0.0245. The summed E-state index contributed by atoms with van der Waals surface area (Å²) in [4.78, 5) is 22.4. The van der Waals surface area contributed by atoms with Gasteiger partial charge in [-0.05, 0) is 0 Å². The van der Waals surface area contributed by atoms with Gasteiger partial charge in [-0.15, -0.1) is 0 Å². The maximum absolute atomic E-state index is 11.3. The topological polar surface area (TPSA) is 89.4 Å². The van der Waals surface area contributed by atoms with E-state index >= 15 is 0 Å². The molecule has 0 saturated carbocycles. The van der Waals surface area contributed by atoms with Crippen molar-refractivity contribution < 1.29 is 9.59 Å². The van der Waals surface area contributed by atoms with Crippen molar-refractivity contribution in [2.24, 2.45) is 17.5 Å². The number of rotatable bonds is 6. The molecule has 0 rings (SSSR count). The third-order valence-electron chi connectivity index (χ3n) is 1.92. The minimum atomic E-state index is -0.232. The van der Waals surface area contributed by atoms with Crippen LogP contribution in [0.25, 0.3) is 0 Å². The molecule has 0 unspecified atom stereocenters. The van der Waals surface area contributed by atoms with E-state index in [1.54, 1.807) is 0 Å². The molecule has 0 radical (unpaired) electrons. The number of nitrogens with zero attached hydrogens (tertiary/aromatic N) is 1. The lowest BCUT2D eigenvalue weighted by Crippen LogP contribution is -2.41. The first-order valence-electron chi connectivity index (χ1n) is 4.77. The zero-order valence-electron chi connectivity index (χ0n) is 8.82. The van der Waals surface area contributed by atoms with Crippen LogP contribution in [0, 0.1) is 5.92 Å². The zero-order chi connectivity index (χ0) is 11.1. The molecule has 0 aliphatic heterocycles. The standard InChI is InChI=1S/C9H19N3O2/c1-7(2)8(13)3-4-9(14)12(11)6-5-10/h7H,3-6,10-11H2,1-2H3. The normalized spacial score (nSPS) is 10.4. The van der Waals surface area contributed by atoms with Gasteiger partial charge >= 0.3 is 0 Å². The number of hydrogen-bond donors (Lipinski definition) is 2. The fourth-order valence-electron chi connectivity index (χ4n) is 0.926. The van der Waals surface area contributed by atoms with Gasteiger partial charge in [-0.1, -0.05) is 13.8 Å². The van der Waals surface area contributed by atoms with Gasteiger partial charge in [-0.25, -0.2) is 5.84 Å². The highest BCUT2D eigenvalue weighted by molar-refractivity contribution is 5.85. The fraction of sp³-hybridized carbons (Fsp3) is 0.778. The first-order chi connectivity index (χ1) is 6.49. The van der Waals surface area contributed by atoms with Crippen LogP contribution in [0.2, 0.25) is 0 Å². The summed E-state index contributed by atoms with van der Waals surface area (Å²) in [6.07, 6.45) is 0.433. The van der Waals surface area contributed by atoms with Crippen molar-refractivity contribution in [3.63, 3.8) is 0 Å². The molecule has 0 heterocycles. The quantitative estimate of drug-likeness (QED) is 0.349. The van der Waals surface area contributed by atoms with Crippen LogP contribution in [0.15, 0.2) is 0 Å². The molecule has 0 aromatic heterocycles. The summed E-state index contributed by atoms with van der Waals surface area (Å²) in [6, 6.07) is 0. The molecule has 0 aromatic rings. The van der Waals surface area contributed by atoms with Crippen LogP contribution >= 0.6 is 0 Å². The molecule has 4 N–H and O–H groups in total. The predicted octanol–water partition coefficient (Wildman–Crippen LogP) is -0.347. The Balaban J connectivity index is 3.79. The minimum Gasteiger partial charge on any atom is -0.329 e. The number of Topliss-reactive ketones (excluding diaryl/α,β-unsaturated/α-hetero) is 1. The Labute approximate surface area is 84.4 Å². The van der Waals surface area contributed by atoms with Crippen molar-refractivity contribution in [2.75, 3.05) is 13.1 Å². The van der Waals surface area contributed by atoms with E-state index in [9.17, 15) is 9.59 Å². The Hall–Kier alpha value is -0.940. The van der Waals surface area contributed by atoms with Crippen LogP contribution in [0.3, 0.4) is 0 Å². The Bertz CT molecular complexity index is 204. The van der Waals surface area contributed by atoms with Crippen molar-refractivity contribution in [1.29, 1.82) is 0 Å². The van der Waals surface area contributed by atoms with Gasteiger partial charge in [0.15, 0.2) is 0 Å². The molecule has 5 heteroatoms. The van der Waals surface area contributed by atoms with E-state index in [4.69, 9.17) is 11.6 Å². The fourth-order valence-corrected chi connectivity index (χ4v) is 0.926. The molecule has 14 heavy (non-hydrogen) atoms. The second-order valence-corrected chi connectivity index (χ2v) is 3.50. The predicted molar refractivity (Wildman–Crippen MR) is 54.0 cm³/mol. The molecule has 0 spiro atoms. The maximum atomic E-state index is 11.3. The molecule has 0 aliphatic rings. The molecule has 0 fully saturated rings. The Morgan fingerprint density at radius 3 is 2.29 bits per heavy atom. The highest BCUT2D eigenvalue weighted by atomic mass is 16.2. The highest BCUT2D eigenvalue weighted by Gasteiger charge is 2.13. The van der Waals surface area contributed by atoms with Gasteiger partial charge in [0.1, 0.15) is 5.78 Å². The summed E-state index contributed by atoms with van der Waals surface area (Å²) in [5, 5.41) is 1.06. The van der Waals surface area contributed by atoms with Gasteiger partial charge in [-0.2, -0.15) is 0 Å². The lowest BCUT2D eigenvalue weighted by molar-refractivity contribution is -0.133. The van der Waals surface area contributed by atoms with E-state index in [-0.39, 0.29) is 30.4 Å². The molecule has 1 amide bonds. The van der Waals surface area contributed by atoms with Gasteiger partial charge in [0.25, 0.3) is 0 Å². The van der Waals surface area contributed by atoms with Crippen molar-refractivity contribution in [1.82, 2.24) is 5.01 Å². The van der Waals surface area contributed by atoms with E-state index in [0.717, 1.165) is 5.01 Å². The number of ketones is 1. The van der Waals surface area contributed by atoms with Crippen LogP contribution in [0.1, 0.15) is 26.7 Å². The number of hydrogen-bond acceptors (Lipinski definition) is 4. The van der Waals surface area contributed by atoms with Gasteiger partial charge in [0.05, 0.1) is 0 Å². The van der Waals surface area contributed by atoms with E-state index in [1.807, 2.05) is 13.8 Å². The number of carbonyl (C=O) groups excluding carboxylic acids is 2. The van der Waals surface area contributed by atoms with Gasteiger partial charge < -0.3 is 5.73 Å². The molecular weight excluding hydrogens is 182 g/mol. The number of carbonyl (C=O) groups is 2. The van der Waals surface area contributed by atoms with Gasteiger partial charge in [-0.3, -0.25) is 14.6 Å². The monoisotopic (exact) mass is 201 g/mol. The second kappa shape index (κ2) is 6.50. The molecule has 0 aliphatic carbocycles. The summed E-state index contributed by atoms with van der Waals surface area (Å²) in [6.45, 7) is 4.29. The average Bonchev–Trinajstić information content (AvgIpc) is 2.13. The second-order valence-electron chi connectivity index (χ2n) is 3.50. The highest BCUT2D eigenvalue weighted by Crippen LogP contribution is 2.02. The molecular formula is C9H19N3O2. The third-order valence-corrected chi connectivity index (χ3v) is 1.92. The van der Waals surface area contributed by atoms with Crippen LogP contribution in [0.5, 0.6) is 0 Å². The lowest BCUT2D eigenvalue weighted by atomic mass is 10.0. The molecule has 0 aromatic carbocycles. The van der Waals surface area contributed by atoms with Crippen LogP contribution in [-0.2, 0) is 9.59 Å². The molecule has 0 atom stereocenters. The van der Waals surface area contributed by atoms with Crippen molar-refractivity contribution in [2.45, 2.75) is 26.7 Å². The van der Waals surface area contributed by atoms with E-state index in [1.165, 1.54) is 0 Å². The molecule has 0 bridgehead atoms. The zero-order valence-corrected chi connectivity index (χ0v) is 8.82. The summed E-state index contributed by atoms with van der Waals surface area (Å²) in [5.41, 5.74) is 5.23. The third kappa shape index (κ3) is 4.94. The smallest absolute Gasteiger partial charge is 0.236 e. The van der Waals surface area contributed by atoms with Crippen molar-refractivity contribution >= 4 is 11.7 Å². The first-order valence-corrected chi connectivity index (χ1v) is 4.77. The Kier molecular flexibility index (Phi) is 6.07. The summed E-state index contributed by atoms with van der Waals surface area (Å²) in [7, 11) is 0. The Morgan fingerprint density at radius 2 is 1.86 bits per heavy atom. The Morgan fingerprint density at radius 1 is 1.29 bits per heavy atom. The SMILES string of the molecule is CC(C)C(=O)CCC(=O)N(N)CCN. The largest absolute Gasteiger partial charge is 0.329 e. The van der Waals surface area contributed by atoms with E-state index in [2.05, 4.69) is 0 Å². The van der Waals surface area contributed by atoms with Crippen LogP contribution in [-0.4, -0.2) is 29.8 Å². The number of nitrogens with two attached hydrogens (primary N) is 2. The summed E-state index contributed by atoms with van der Waals surface area (Å²) < 4.78 is 0. The summed E-state index contributed by atoms with van der Waals surface area (Å²) in [5.74, 6) is 5.21. The van der Waals surface area contributed by atoms with Crippen LogP contribution < -0.4 is 11.6 Å². The van der Waals surface area contributed by atoms with Crippen molar-refractivity contribution in [3.8, 4) is 0 Å². The average molecular weight is 201 g/mol. The summed E-state index contributed by atoms with van der Waals surface area (Å²) >= 11 is 0. The molecule has 0 saturated heterocycles. The van der Waals surface area contributed by atoms with Crippen LogP contribution in [0.4, 0.5) is 0 Å². The first kappa shape index (κ1) is 13.1. The van der Waals surface area contributed by atoms with Gasteiger partial charge in [0, 0.05) is 31.8 Å². The molecule has 5 nitrogen and oxygen atoms in total. The number of amides is 1. The number of hydrazine groups is 1. The molecule has 82 valence electrons. The lowest BCUT2D eigenvalue weighted by Gasteiger charge is -2.15. The van der Waals surface area contributed by atoms with E-state index < -0.39 is 0 Å². The van der Waals surface area contributed by atoms with Crippen molar-refractivity contribution in [3.05, 3.63) is 0 Å².